The Labute approximate surface area is 170 Å². The van der Waals surface area contributed by atoms with Crippen LogP contribution in [0.3, 0.4) is 0 Å². The summed E-state index contributed by atoms with van der Waals surface area (Å²) in [5.74, 6) is 2.73. The van der Waals surface area contributed by atoms with E-state index in [1.165, 1.54) is 6.26 Å². The first kappa shape index (κ1) is 19.6. The Bertz CT molecular complexity index is 1100. The summed E-state index contributed by atoms with van der Waals surface area (Å²) in [7, 11) is -3.24. The predicted octanol–water partition coefficient (Wildman–Crippen LogP) is 4.55. The van der Waals surface area contributed by atoms with Gasteiger partial charge in [-0.15, -0.1) is 0 Å². The Morgan fingerprint density at radius 2 is 1.97 bits per heavy atom. The maximum absolute atomic E-state index is 11.7. The van der Waals surface area contributed by atoms with Crippen molar-refractivity contribution in [3.63, 3.8) is 0 Å². The zero-order valence-corrected chi connectivity index (χ0v) is 17.3. The molecule has 29 heavy (non-hydrogen) atoms. The standard InChI is InChI=1S/C21H23N3O4S/c1-3-4-5-20-23-21(24-28-20)18-12-19(17(13-22-18)14-6-7-14)27-15-8-10-16(11-9-15)29(2,25)26/h8-14H,3-7H2,1-2H3. The van der Waals surface area contributed by atoms with Gasteiger partial charge in [0.15, 0.2) is 9.84 Å². The molecule has 0 saturated heterocycles. The lowest BCUT2D eigenvalue weighted by atomic mass is 10.1. The molecule has 8 heteroatoms. The van der Waals surface area contributed by atoms with E-state index in [-0.39, 0.29) is 4.90 Å². The summed E-state index contributed by atoms with van der Waals surface area (Å²) in [6.07, 6.45) is 8.01. The van der Waals surface area contributed by atoms with E-state index in [9.17, 15) is 8.42 Å². The van der Waals surface area contributed by atoms with Crippen LogP contribution in [0.25, 0.3) is 11.5 Å². The van der Waals surface area contributed by atoms with Crippen LogP contribution in [0.15, 0.2) is 45.9 Å². The normalized spacial score (nSPS) is 14.1. The van der Waals surface area contributed by atoms with E-state index in [0.29, 0.717) is 34.8 Å². The molecule has 0 bridgehead atoms. The highest BCUT2D eigenvalue weighted by molar-refractivity contribution is 7.90. The fraction of sp³-hybridized carbons (Fsp3) is 0.381. The topological polar surface area (TPSA) is 95.2 Å². The molecule has 1 saturated carbocycles. The molecule has 0 amide bonds. The highest BCUT2D eigenvalue weighted by Crippen LogP contribution is 2.45. The van der Waals surface area contributed by atoms with Crippen LogP contribution in [0.5, 0.6) is 11.5 Å². The summed E-state index contributed by atoms with van der Waals surface area (Å²) < 4.78 is 34.7. The molecule has 0 radical (unpaired) electrons. The summed E-state index contributed by atoms with van der Waals surface area (Å²) in [5.41, 5.74) is 1.62. The highest BCUT2D eigenvalue weighted by Gasteiger charge is 2.28. The molecule has 1 aromatic carbocycles. The molecule has 0 atom stereocenters. The lowest BCUT2D eigenvalue weighted by Gasteiger charge is -2.11. The zero-order valence-electron chi connectivity index (χ0n) is 16.5. The Hall–Kier alpha value is -2.74. The van der Waals surface area contributed by atoms with E-state index in [1.807, 2.05) is 12.3 Å². The molecule has 1 aliphatic rings. The van der Waals surface area contributed by atoms with Gasteiger partial charge in [-0.05, 0) is 49.4 Å². The first-order valence-corrected chi connectivity index (χ1v) is 11.6. The minimum Gasteiger partial charge on any atom is -0.457 e. The average Bonchev–Trinajstić information content (AvgIpc) is 3.43. The number of unbranched alkanes of at least 4 members (excludes halogenated alkanes) is 1. The zero-order chi connectivity index (χ0) is 20.4. The maximum atomic E-state index is 11.7. The van der Waals surface area contributed by atoms with E-state index in [2.05, 4.69) is 22.0 Å². The van der Waals surface area contributed by atoms with Crippen LogP contribution >= 0.6 is 0 Å². The van der Waals surface area contributed by atoms with E-state index < -0.39 is 9.84 Å². The smallest absolute Gasteiger partial charge is 0.227 e. The van der Waals surface area contributed by atoms with E-state index in [1.54, 1.807) is 24.3 Å². The first-order chi connectivity index (χ1) is 13.9. The predicted molar refractivity (Wildman–Crippen MR) is 108 cm³/mol. The molecule has 7 nitrogen and oxygen atoms in total. The van der Waals surface area contributed by atoms with Crippen molar-refractivity contribution in [2.45, 2.75) is 49.8 Å². The molecule has 1 aliphatic carbocycles. The molecule has 0 aliphatic heterocycles. The monoisotopic (exact) mass is 413 g/mol. The van der Waals surface area contributed by atoms with Gasteiger partial charge in [0.2, 0.25) is 11.7 Å². The third-order valence-electron chi connectivity index (χ3n) is 4.83. The van der Waals surface area contributed by atoms with Gasteiger partial charge in [-0.2, -0.15) is 4.98 Å². The molecular formula is C21H23N3O4S. The summed E-state index contributed by atoms with van der Waals surface area (Å²) in [5, 5.41) is 4.05. The van der Waals surface area contributed by atoms with Crippen molar-refractivity contribution >= 4 is 9.84 Å². The second-order valence-corrected chi connectivity index (χ2v) is 9.36. The van der Waals surface area contributed by atoms with Crippen molar-refractivity contribution < 1.29 is 17.7 Å². The van der Waals surface area contributed by atoms with Gasteiger partial charge in [0.25, 0.3) is 0 Å². The quantitative estimate of drug-likeness (QED) is 0.535. The van der Waals surface area contributed by atoms with Gasteiger partial charge in [0, 0.05) is 30.5 Å². The number of nitrogens with zero attached hydrogens (tertiary/aromatic N) is 3. The number of ether oxygens (including phenoxy) is 1. The molecular weight excluding hydrogens is 390 g/mol. The van der Waals surface area contributed by atoms with Crippen molar-refractivity contribution in [3.8, 4) is 23.0 Å². The third kappa shape index (κ3) is 4.64. The van der Waals surface area contributed by atoms with Crippen molar-refractivity contribution in [1.29, 1.82) is 0 Å². The number of aromatic nitrogens is 3. The maximum Gasteiger partial charge on any atom is 0.227 e. The second-order valence-electron chi connectivity index (χ2n) is 7.34. The lowest BCUT2D eigenvalue weighted by molar-refractivity contribution is 0.375. The fourth-order valence-electron chi connectivity index (χ4n) is 3.03. The molecule has 1 fully saturated rings. The molecule has 0 spiro atoms. The molecule has 2 aromatic heterocycles. The number of sulfone groups is 1. The Kier molecular flexibility index (Phi) is 5.36. The van der Waals surface area contributed by atoms with Crippen LogP contribution in [0, 0.1) is 0 Å². The van der Waals surface area contributed by atoms with Crippen LogP contribution in [-0.2, 0) is 16.3 Å². The minimum absolute atomic E-state index is 0.258. The van der Waals surface area contributed by atoms with Crippen LogP contribution in [0.2, 0.25) is 0 Å². The van der Waals surface area contributed by atoms with Gasteiger partial charge in [-0.1, -0.05) is 18.5 Å². The Morgan fingerprint density at radius 1 is 1.21 bits per heavy atom. The highest BCUT2D eigenvalue weighted by atomic mass is 32.2. The number of rotatable bonds is 8. The Balaban J connectivity index is 1.61. The fourth-order valence-corrected chi connectivity index (χ4v) is 3.66. The van der Waals surface area contributed by atoms with Gasteiger partial charge in [0.1, 0.15) is 17.2 Å². The number of hydrogen-bond donors (Lipinski definition) is 0. The summed E-state index contributed by atoms with van der Waals surface area (Å²) in [6.45, 7) is 2.11. The molecule has 0 unspecified atom stereocenters. The summed E-state index contributed by atoms with van der Waals surface area (Å²) in [4.78, 5) is 9.20. The SMILES string of the molecule is CCCCc1nc(-c2cc(Oc3ccc(S(C)(=O)=O)cc3)c(C3CC3)cn2)no1. The lowest BCUT2D eigenvalue weighted by Crippen LogP contribution is -1.97. The van der Waals surface area contributed by atoms with Crippen molar-refractivity contribution in [1.82, 2.24) is 15.1 Å². The van der Waals surface area contributed by atoms with Gasteiger partial charge in [-0.3, -0.25) is 4.98 Å². The Morgan fingerprint density at radius 3 is 2.62 bits per heavy atom. The van der Waals surface area contributed by atoms with Crippen molar-refractivity contribution in [2.75, 3.05) is 6.26 Å². The number of pyridine rings is 1. The van der Waals surface area contributed by atoms with Gasteiger partial charge in [0.05, 0.1) is 4.90 Å². The minimum atomic E-state index is -3.24. The van der Waals surface area contributed by atoms with E-state index in [0.717, 1.165) is 37.7 Å². The summed E-state index contributed by atoms with van der Waals surface area (Å²) in [6, 6.07) is 8.23. The summed E-state index contributed by atoms with van der Waals surface area (Å²) >= 11 is 0. The van der Waals surface area contributed by atoms with Crippen molar-refractivity contribution in [2.24, 2.45) is 0 Å². The number of hydrogen-bond acceptors (Lipinski definition) is 7. The molecule has 4 rings (SSSR count). The first-order valence-electron chi connectivity index (χ1n) is 9.75. The average molecular weight is 413 g/mol. The molecule has 2 heterocycles. The van der Waals surface area contributed by atoms with Crippen LogP contribution in [0.1, 0.15) is 50.0 Å². The van der Waals surface area contributed by atoms with Crippen LogP contribution in [-0.4, -0.2) is 29.8 Å². The largest absolute Gasteiger partial charge is 0.457 e. The van der Waals surface area contributed by atoms with E-state index in [4.69, 9.17) is 9.26 Å². The third-order valence-corrected chi connectivity index (χ3v) is 5.96. The van der Waals surface area contributed by atoms with Gasteiger partial charge >= 0.3 is 0 Å². The van der Waals surface area contributed by atoms with Gasteiger partial charge in [-0.25, -0.2) is 8.42 Å². The van der Waals surface area contributed by atoms with Crippen molar-refractivity contribution in [3.05, 3.63) is 48.0 Å². The van der Waals surface area contributed by atoms with Crippen LogP contribution < -0.4 is 4.74 Å². The van der Waals surface area contributed by atoms with Crippen LogP contribution in [0.4, 0.5) is 0 Å². The number of aryl methyl sites for hydroxylation is 1. The molecule has 3 aromatic rings. The molecule has 0 N–H and O–H groups in total. The second kappa shape index (κ2) is 7.94. The molecule has 152 valence electrons. The number of benzene rings is 1. The van der Waals surface area contributed by atoms with E-state index >= 15 is 0 Å². The van der Waals surface area contributed by atoms with Gasteiger partial charge < -0.3 is 9.26 Å².